The third-order valence-corrected chi connectivity index (χ3v) is 5.52. The molecule has 0 aliphatic carbocycles. The van der Waals surface area contributed by atoms with Gasteiger partial charge in [-0.05, 0) is 36.8 Å². The van der Waals surface area contributed by atoms with E-state index in [0.717, 1.165) is 4.47 Å². The highest BCUT2D eigenvalue weighted by Crippen LogP contribution is 2.42. The van der Waals surface area contributed by atoms with Crippen LogP contribution in [0.4, 0.5) is 5.82 Å². The lowest BCUT2D eigenvalue weighted by Gasteiger charge is -2.23. The predicted molar refractivity (Wildman–Crippen MR) is 122 cm³/mol. The van der Waals surface area contributed by atoms with Crippen LogP contribution in [0.2, 0.25) is 0 Å². The van der Waals surface area contributed by atoms with Crippen LogP contribution in [0.5, 0.6) is 5.75 Å². The minimum atomic E-state index is -0.892. The number of nitrogens with zero attached hydrogens (tertiary/aromatic N) is 2. The fourth-order valence-electron chi connectivity index (χ4n) is 3.52. The second-order valence-electron chi connectivity index (χ2n) is 7.14. The molecule has 1 N–H and O–H groups in total. The normalized spacial score (nSPS) is 17.6. The predicted octanol–water partition coefficient (Wildman–Crippen LogP) is 4.94. The van der Waals surface area contributed by atoms with Gasteiger partial charge in [0.05, 0.1) is 11.6 Å². The topological polar surface area (TPSA) is 92.9 Å². The fraction of sp³-hybridized carbons (Fsp3) is 0.125. The van der Waals surface area contributed by atoms with Crippen LogP contribution in [0, 0.1) is 6.92 Å². The number of ether oxygens (including phenoxy) is 1. The number of Topliss-reactive ketones (excluding diaryl/α,β-unsaturated/α-hetero) is 1. The van der Waals surface area contributed by atoms with E-state index in [1.54, 1.807) is 67.6 Å². The van der Waals surface area contributed by atoms with E-state index in [0.29, 0.717) is 29.2 Å². The van der Waals surface area contributed by atoms with Gasteiger partial charge < -0.3 is 14.4 Å². The average molecular weight is 495 g/mol. The number of anilines is 1. The number of rotatable bonds is 6. The van der Waals surface area contributed by atoms with Crippen LogP contribution >= 0.6 is 15.9 Å². The highest BCUT2D eigenvalue weighted by atomic mass is 79.9. The Hall–Kier alpha value is -3.65. The van der Waals surface area contributed by atoms with E-state index in [2.05, 4.69) is 27.7 Å². The zero-order valence-corrected chi connectivity index (χ0v) is 18.7. The Morgan fingerprint density at radius 2 is 1.91 bits per heavy atom. The van der Waals surface area contributed by atoms with E-state index in [4.69, 9.17) is 9.26 Å². The van der Waals surface area contributed by atoms with Gasteiger partial charge in [0.25, 0.3) is 5.78 Å². The molecule has 2 aromatic carbocycles. The molecule has 1 aromatic heterocycles. The average Bonchev–Trinajstić information content (AvgIpc) is 3.33. The lowest BCUT2D eigenvalue weighted by molar-refractivity contribution is -0.132. The molecular weight excluding hydrogens is 476 g/mol. The van der Waals surface area contributed by atoms with Crippen LogP contribution in [-0.4, -0.2) is 28.6 Å². The molecule has 0 spiro atoms. The third kappa shape index (κ3) is 3.97. The smallest absolute Gasteiger partial charge is 0.301 e. The molecule has 1 fully saturated rings. The van der Waals surface area contributed by atoms with Crippen molar-refractivity contribution in [2.24, 2.45) is 0 Å². The highest BCUT2D eigenvalue weighted by Gasteiger charge is 2.48. The summed E-state index contributed by atoms with van der Waals surface area (Å²) < 4.78 is 11.5. The van der Waals surface area contributed by atoms with Gasteiger partial charge in [-0.3, -0.25) is 14.5 Å². The molecule has 1 aliphatic heterocycles. The van der Waals surface area contributed by atoms with E-state index >= 15 is 0 Å². The van der Waals surface area contributed by atoms with E-state index in [-0.39, 0.29) is 17.2 Å². The molecule has 0 saturated carbocycles. The van der Waals surface area contributed by atoms with E-state index in [1.165, 1.54) is 4.90 Å². The number of benzene rings is 2. The van der Waals surface area contributed by atoms with Crippen molar-refractivity contribution < 1.29 is 24.0 Å². The van der Waals surface area contributed by atoms with Crippen molar-refractivity contribution in [2.75, 3.05) is 11.5 Å². The number of halogens is 1. The number of ketones is 1. The number of carbonyl (C=O) groups excluding carboxylic acids is 2. The molecule has 1 saturated heterocycles. The molecule has 32 heavy (non-hydrogen) atoms. The first-order valence-corrected chi connectivity index (χ1v) is 10.5. The van der Waals surface area contributed by atoms with Gasteiger partial charge in [0, 0.05) is 16.1 Å². The summed E-state index contributed by atoms with van der Waals surface area (Å²) in [4.78, 5) is 27.3. The fourth-order valence-corrected chi connectivity index (χ4v) is 3.78. The SMILES string of the molecule is C=CCOc1ccc([C@@H]2/C(=C(\O)c3ccc(Br)cc3)C(=O)C(=O)N2c2cc(C)on2)cc1. The van der Waals surface area contributed by atoms with E-state index in [9.17, 15) is 14.7 Å². The quantitative estimate of drug-likeness (QED) is 0.226. The maximum Gasteiger partial charge on any atom is 0.301 e. The van der Waals surface area contributed by atoms with Crippen molar-refractivity contribution in [3.05, 3.63) is 94.2 Å². The van der Waals surface area contributed by atoms with Crippen LogP contribution in [0.3, 0.4) is 0 Å². The van der Waals surface area contributed by atoms with Crippen LogP contribution in [0.15, 0.2) is 81.8 Å². The molecule has 8 heteroatoms. The number of aliphatic hydroxyl groups is 1. The Bertz CT molecular complexity index is 1210. The van der Waals surface area contributed by atoms with Gasteiger partial charge in [0.1, 0.15) is 23.9 Å². The molecule has 0 bridgehead atoms. The zero-order valence-electron chi connectivity index (χ0n) is 17.1. The van der Waals surface area contributed by atoms with Crippen LogP contribution < -0.4 is 9.64 Å². The Labute approximate surface area is 192 Å². The van der Waals surface area contributed by atoms with Crippen LogP contribution in [0.1, 0.15) is 22.9 Å². The maximum absolute atomic E-state index is 13.1. The van der Waals surface area contributed by atoms with Crippen molar-refractivity contribution in [1.82, 2.24) is 5.16 Å². The molecule has 162 valence electrons. The van der Waals surface area contributed by atoms with Gasteiger partial charge in [-0.1, -0.05) is 58.0 Å². The summed E-state index contributed by atoms with van der Waals surface area (Å²) in [5.74, 6) is -0.582. The van der Waals surface area contributed by atoms with Crippen LogP contribution in [-0.2, 0) is 9.59 Å². The number of amides is 1. The van der Waals surface area contributed by atoms with Gasteiger partial charge in [-0.15, -0.1) is 0 Å². The van der Waals surface area contributed by atoms with Crippen LogP contribution in [0.25, 0.3) is 5.76 Å². The number of hydrogen-bond donors (Lipinski definition) is 1. The zero-order chi connectivity index (χ0) is 22.8. The van der Waals surface area contributed by atoms with E-state index < -0.39 is 17.7 Å². The number of aliphatic hydroxyl groups excluding tert-OH is 1. The van der Waals surface area contributed by atoms with Gasteiger partial charge in [-0.25, -0.2) is 0 Å². The first-order valence-electron chi connectivity index (χ1n) is 9.74. The number of aromatic nitrogens is 1. The Kier molecular flexibility index (Phi) is 5.96. The van der Waals surface area contributed by atoms with Crippen molar-refractivity contribution in [3.63, 3.8) is 0 Å². The second kappa shape index (κ2) is 8.84. The molecule has 0 unspecified atom stereocenters. The summed E-state index contributed by atoms with van der Waals surface area (Å²) in [5, 5.41) is 15.0. The number of carbonyl (C=O) groups is 2. The van der Waals surface area contributed by atoms with Crippen molar-refractivity contribution in [3.8, 4) is 5.75 Å². The summed E-state index contributed by atoms with van der Waals surface area (Å²) in [7, 11) is 0. The Morgan fingerprint density at radius 1 is 1.22 bits per heavy atom. The summed E-state index contributed by atoms with van der Waals surface area (Å²) in [5.41, 5.74) is 0.991. The standard InChI is InChI=1S/C24H19BrN2O5/c1-3-12-31-18-10-6-15(7-11-18)21-20(22(28)16-4-8-17(25)9-5-16)23(29)24(30)27(21)19-13-14(2)32-26-19/h3-11,13,21,28H,1,12H2,2H3/b22-20+/t21-/m1/s1. The Morgan fingerprint density at radius 3 is 2.50 bits per heavy atom. The molecule has 1 atom stereocenters. The minimum Gasteiger partial charge on any atom is -0.507 e. The summed E-state index contributed by atoms with van der Waals surface area (Å²) in [6.07, 6.45) is 1.63. The molecule has 2 heterocycles. The first kappa shape index (κ1) is 21.6. The summed E-state index contributed by atoms with van der Waals surface area (Å²) >= 11 is 3.35. The Balaban J connectivity index is 1.86. The largest absolute Gasteiger partial charge is 0.507 e. The molecule has 3 aromatic rings. The van der Waals surface area contributed by atoms with Gasteiger partial charge in [0.2, 0.25) is 0 Å². The second-order valence-corrected chi connectivity index (χ2v) is 8.06. The monoisotopic (exact) mass is 494 g/mol. The number of aryl methyl sites for hydroxylation is 1. The lowest BCUT2D eigenvalue weighted by atomic mass is 9.95. The molecular formula is C24H19BrN2O5. The summed E-state index contributed by atoms with van der Waals surface area (Å²) in [6.45, 7) is 5.66. The summed E-state index contributed by atoms with van der Waals surface area (Å²) in [6, 6.07) is 14.4. The maximum atomic E-state index is 13.1. The molecule has 1 amide bonds. The lowest BCUT2D eigenvalue weighted by Crippen LogP contribution is -2.29. The molecule has 4 rings (SSSR count). The molecule has 1 aliphatic rings. The van der Waals surface area contributed by atoms with E-state index in [1.807, 2.05) is 0 Å². The minimum absolute atomic E-state index is 0.0299. The third-order valence-electron chi connectivity index (χ3n) is 4.99. The van der Waals surface area contributed by atoms with Gasteiger partial charge >= 0.3 is 5.91 Å². The van der Waals surface area contributed by atoms with Gasteiger partial charge in [0.15, 0.2) is 5.82 Å². The number of hydrogen-bond acceptors (Lipinski definition) is 6. The van der Waals surface area contributed by atoms with Crippen molar-refractivity contribution in [1.29, 1.82) is 0 Å². The van der Waals surface area contributed by atoms with Crippen molar-refractivity contribution >= 4 is 39.2 Å². The van der Waals surface area contributed by atoms with Crippen molar-refractivity contribution in [2.45, 2.75) is 13.0 Å². The molecule has 7 nitrogen and oxygen atoms in total. The first-order chi connectivity index (χ1) is 15.4. The van der Waals surface area contributed by atoms with Gasteiger partial charge in [-0.2, -0.15) is 0 Å². The highest BCUT2D eigenvalue weighted by molar-refractivity contribution is 9.10. The molecule has 0 radical (unpaired) electrons.